The van der Waals surface area contributed by atoms with Crippen molar-refractivity contribution in [2.75, 3.05) is 7.11 Å². The second kappa shape index (κ2) is 5.09. The first-order chi connectivity index (χ1) is 9.08. The average Bonchev–Trinajstić information content (AvgIpc) is 2.38. The lowest BCUT2D eigenvalue weighted by Crippen LogP contribution is -2.12. The maximum atomic E-state index is 11.9. The van der Waals surface area contributed by atoms with E-state index >= 15 is 0 Å². The first kappa shape index (κ1) is 13.1. The molecule has 0 aliphatic rings. The Morgan fingerprint density at radius 3 is 2.74 bits per heavy atom. The molecular weight excluding hydrogens is 248 g/mol. The highest BCUT2D eigenvalue weighted by atomic mass is 16.6. The number of benzene rings is 1. The lowest BCUT2D eigenvalue weighted by Gasteiger charge is -2.10. The number of aryl methyl sites for hydroxylation is 1. The van der Waals surface area contributed by atoms with E-state index in [2.05, 4.69) is 4.98 Å². The van der Waals surface area contributed by atoms with Crippen molar-refractivity contribution < 1.29 is 9.66 Å². The summed E-state index contributed by atoms with van der Waals surface area (Å²) in [5.74, 6) is 0.231. The Hall–Kier alpha value is -2.37. The average molecular weight is 262 g/mol. The molecule has 0 aliphatic heterocycles. The molecule has 100 valence electrons. The van der Waals surface area contributed by atoms with Gasteiger partial charge in [-0.3, -0.25) is 14.9 Å². The van der Waals surface area contributed by atoms with Gasteiger partial charge in [-0.15, -0.1) is 0 Å². The normalized spacial score (nSPS) is 10.6. The minimum atomic E-state index is -0.452. The van der Waals surface area contributed by atoms with E-state index in [9.17, 15) is 14.9 Å². The molecule has 0 spiro atoms. The summed E-state index contributed by atoms with van der Waals surface area (Å²) in [5, 5.41) is 11.5. The van der Waals surface area contributed by atoms with Crippen LogP contribution in [-0.4, -0.2) is 17.0 Å². The van der Waals surface area contributed by atoms with Gasteiger partial charge in [0.2, 0.25) is 0 Å². The number of hydrogen-bond donors (Lipinski definition) is 1. The monoisotopic (exact) mass is 262 g/mol. The van der Waals surface area contributed by atoms with Crippen LogP contribution in [0.5, 0.6) is 5.75 Å². The number of pyridine rings is 1. The molecule has 1 aromatic heterocycles. The minimum Gasteiger partial charge on any atom is -0.491 e. The zero-order valence-corrected chi connectivity index (χ0v) is 10.7. The van der Waals surface area contributed by atoms with Crippen LogP contribution in [0.4, 0.5) is 5.69 Å². The predicted molar refractivity (Wildman–Crippen MR) is 71.8 cm³/mol. The van der Waals surface area contributed by atoms with E-state index < -0.39 is 4.92 Å². The van der Waals surface area contributed by atoms with Crippen molar-refractivity contribution in [2.24, 2.45) is 0 Å². The number of ether oxygens (including phenoxy) is 1. The number of nitrogens with one attached hydrogen (secondary N) is 1. The number of rotatable bonds is 4. The zero-order chi connectivity index (χ0) is 14.0. The number of nitrogens with zero attached hydrogens (tertiary/aromatic N) is 1. The molecule has 6 nitrogen and oxygen atoms in total. The quantitative estimate of drug-likeness (QED) is 0.677. The molecule has 0 saturated heterocycles. The molecule has 0 saturated carbocycles. The van der Waals surface area contributed by atoms with E-state index in [0.717, 1.165) is 6.42 Å². The molecule has 6 heteroatoms. The fraction of sp³-hybridized carbons (Fsp3) is 0.308. The molecule has 1 heterocycles. The van der Waals surface area contributed by atoms with Crippen molar-refractivity contribution in [3.63, 3.8) is 0 Å². The van der Waals surface area contributed by atoms with Crippen LogP contribution in [0.15, 0.2) is 23.0 Å². The number of hydrogen-bond acceptors (Lipinski definition) is 4. The van der Waals surface area contributed by atoms with Crippen molar-refractivity contribution in [1.82, 2.24) is 4.98 Å². The van der Waals surface area contributed by atoms with Gasteiger partial charge in [0, 0.05) is 28.6 Å². The van der Waals surface area contributed by atoms with E-state index in [1.54, 1.807) is 6.07 Å². The number of fused-ring (bicyclic) bond motifs is 1. The zero-order valence-electron chi connectivity index (χ0n) is 10.7. The summed E-state index contributed by atoms with van der Waals surface area (Å²) in [6.45, 7) is 1.98. The molecule has 0 atom stereocenters. The molecule has 0 unspecified atom stereocenters. The van der Waals surface area contributed by atoms with Gasteiger partial charge in [0.25, 0.3) is 11.2 Å². The maximum absolute atomic E-state index is 11.9. The van der Waals surface area contributed by atoms with Crippen LogP contribution >= 0.6 is 0 Å². The second-order valence-corrected chi connectivity index (χ2v) is 4.20. The second-order valence-electron chi connectivity index (χ2n) is 4.20. The van der Waals surface area contributed by atoms with Gasteiger partial charge in [0.1, 0.15) is 0 Å². The van der Waals surface area contributed by atoms with Crippen LogP contribution < -0.4 is 10.3 Å². The number of H-pyrrole nitrogens is 1. The SMILES string of the molecule is CCCc1c(OC)c(=O)[nH]c2ccc([N+](=O)[O-])cc12. The third-order valence-corrected chi connectivity index (χ3v) is 2.97. The van der Waals surface area contributed by atoms with Crippen molar-refractivity contribution in [2.45, 2.75) is 19.8 Å². The van der Waals surface area contributed by atoms with Gasteiger partial charge >= 0.3 is 0 Å². The molecule has 0 bridgehead atoms. The van der Waals surface area contributed by atoms with Crippen LogP contribution in [0.1, 0.15) is 18.9 Å². The maximum Gasteiger partial charge on any atom is 0.291 e. The van der Waals surface area contributed by atoms with Gasteiger partial charge < -0.3 is 9.72 Å². The number of non-ortho nitro benzene ring substituents is 1. The summed E-state index contributed by atoms with van der Waals surface area (Å²) in [5.41, 5.74) is 0.985. The number of methoxy groups -OCH3 is 1. The van der Waals surface area contributed by atoms with Crippen molar-refractivity contribution in [3.8, 4) is 5.75 Å². The van der Waals surface area contributed by atoms with Crippen LogP contribution in [0.2, 0.25) is 0 Å². The molecule has 0 aliphatic carbocycles. The fourth-order valence-electron chi connectivity index (χ4n) is 2.16. The summed E-state index contributed by atoms with van der Waals surface area (Å²) in [6.07, 6.45) is 1.45. The molecule has 1 N–H and O–H groups in total. The molecule has 0 radical (unpaired) electrons. The van der Waals surface area contributed by atoms with E-state index in [-0.39, 0.29) is 17.0 Å². The summed E-state index contributed by atoms with van der Waals surface area (Å²) < 4.78 is 5.12. The lowest BCUT2D eigenvalue weighted by atomic mass is 10.0. The third-order valence-electron chi connectivity index (χ3n) is 2.97. The molecule has 19 heavy (non-hydrogen) atoms. The lowest BCUT2D eigenvalue weighted by molar-refractivity contribution is -0.384. The Morgan fingerprint density at radius 1 is 1.42 bits per heavy atom. The number of nitro benzene ring substituents is 1. The van der Waals surface area contributed by atoms with Crippen molar-refractivity contribution in [1.29, 1.82) is 0 Å². The van der Waals surface area contributed by atoms with E-state index in [0.29, 0.717) is 22.9 Å². The van der Waals surface area contributed by atoms with E-state index in [1.807, 2.05) is 6.92 Å². The van der Waals surface area contributed by atoms with Gasteiger partial charge in [-0.2, -0.15) is 0 Å². The van der Waals surface area contributed by atoms with Crippen LogP contribution in [0, 0.1) is 10.1 Å². The fourth-order valence-corrected chi connectivity index (χ4v) is 2.16. The Labute approximate surface area is 109 Å². The molecular formula is C13H14N2O4. The Morgan fingerprint density at radius 2 is 2.16 bits per heavy atom. The molecule has 1 aromatic carbocycles. The van der Waals surface area contributed by atoms with Gasteiger partial charge in [-0.25, -0.2) is 0 Å². The topological polar surface area (TPSA) is 85.2 Å². The summed E-state index contributed by atoms with van der Waals surface area (Å²) in [6, 6.07) is 4.40. The number of nitro groups is 1. The Kier molecular flexibility index (Phi) is 3.50. The molecule has 2 aromatic rings. The highest BCUT2D eigenvalue weighted by Gasteiger charge is 2.15. The highest BCUT2D eigenvalue weighted by Crippen LogP contribution is 2.27. The van der Waals surface area contributed by atoms with E-state index in [1.165, 1.54) is 19.2 Å². The van der Waals surface area contributed by atoms with Gasteiger partial charge in [0.15, 0.2) is 5.75 Å². The number of aromatic nitrogens is 1. The highest BCUT2D eigenvalue weighted by molar-refractivity contribution is 5.86. The third kappa shape index (κ3) is 2.29. The summed E-state index contributed by atoms with van der Waals surface area (Å²) in [4.78, 5) is 24.9. The van der Waals surface area contributed by atoms with Crippen molar-refractivity contribution in [3.05, 3.63) is 44.2 Å². The first-order valence-corrected chi connectivity index (χ1v) is 5.95. The standard InChI is InChI=1S/C13H14N2O4/c1-3-4-9-10-7-8(15(17)18)5-6-11(10)14-13(16)12(9)19-2/h5-7H,3-4H2,1-2H3,(H,14,16). The first-order valence-electron chi connectivity index (χ1n) is 5.95. The molecule has 0 amide bonds. The minimum absolute atomic E-state index is 0.000967. The van der Waals surface area contributed by atoms with E-state index in [4.69, 9.17) is 4.74 Å². The molecule has 2 rings (SSSR count). The van der Waals surface area contributed by atoms with Crippen molar-refractivity contribution >= 4 is 16.6 Å². The summed E-state index contributed by atoms with van der Waals surface area (Å²) in [7, 11) is 1.42. The van der Waals surface area contributed by atoms with Gasteiger partial charge in [-0.05, 0) is 12.5 Å². The Balaban J connectivity index is 2.83. The van der Waals surface area contributed by atoms with Crippen LogP contribution in [0.25, 0.3) is 10.9 Å². The van der Waals surface area contributed by atoms with Gasteiger partial charge in [-0.1, -0.05) is 13.3 Å². The largest absolute Gasteiger partial charge is 0.491 e. The summed E-state index contributed by atoms with van der Waals surface area (Å²) >= 11 is 0. The van der Waals surface area contributed by atoms with Crippen LogP contribution in [0.3, 0.4) is 0 Å². The Bertz CT molecular complexity index is 691. The number of aromatic amines is 1. The smallest absolute Gasteiger partial charge is 0.291 e. The molecule has 0 fully saturated rings. The van der Waals surface area contributed by atoms with Crippen LogP contribution in [-0.2, 0) is 6.42 Å². The predicted octanol–water partition coefficient (Wildman–Crippen LogP) is 2.40. The van der Waals surface area contributed by atoms with Gasteiger partial charge in [0.05, 0.1) is 12.0 Å².